The Balaban J connectivity index is 1.94. The molecule has 19 heavy (non-hydrogen) atoms. The fraction of sp³-hybridized carbons (Fsp3) is 0.389. The van der Waals surface area contributed by atoms with Crippen LogP contribution in [0.5, 0.6) is 0 Å². The summed E-state index contributed by atoms with van der Waals surface area (Å²) < 4.78 is 0. The third-order valence-electron chi connectivity index (χ3n) is 4.84. The number of carbonyl (C=O) groups excluding carboxylic acids is 1. The van der Waals surface area contributed by atoms with E-state index >= 15 is 0 Å². The first-order valence-electron chi connectivity index (χ1n) is 7.41. The zero-order valence-electron chi connectivity index (χ0n) is 11.1. The zero-order chi connectivity index (χ0) is 12.8. The van der Waals surface area contributed by atoms with Gasteiger partial charge >= 0.3 is 0 Å². The summed E-state index contributed by atoms with van der Waals surface area (Å²) in [6, 6.07) is 11.1. The number of ketones is 1. The molecule has 0 heterocycles. The molecule has 1 fully saturated rings. The number of benzene rings is 2. The van der Waals surface area contributed by atoms with Crippen LogP contribution in [0.25, 0.3) is 10.8 Å². The van der Waals surface area contributed by atoms with Crippen molar-refractivity contribution in [2.24, 2.45) is 0 Å². The summed E-state index contributed by atoms with van der Waals surface area (Å²) in [4.78, 5) is 12.2. The normalized spacial score (nSPS) is 22.1. The Bertz CT molecular complexity index is 658. The van der Waals surface area contributed by atoms with Crippen molar-refractivity contribution >= 4 is 16.6 Å². The number of hydrogen-bond acceptors (Lipinski definition) is 1. The topological polar surface area (TPSA) is 17.1 Å². The highest BCUT2D eigenvalue weighted by Crippen LogP contribution is 2.38. The van der Waals surface area contributed by atoms with Gasteiger partial charge in [-0.05, 0) is 53.1 Å². The van der Waals surface area contributed by atoms with Gasteiger partial charge in [0.05, 0.1) is 0 Å². The van der Waals surface area contributed by atoms with Crippen molar-refractivity contribution in [1.29, 1.82) is 0 Å². The monoisotopic (exact) mass is 250 g/mol. The van der Waals surface area contributed by atoms with Crippen molar-refractivity contribution in [3.05, 3.63) is 47.0 Å². The zero-order valence-corrected chi connectivity index (χ0v) is 11.1. The highest BCUT2D eigenvalue weighted by atomic mass is 16.1. The number of carbonyl (C=O) groups is 1. The van der Waals surface area contributed by atoms with Gasteiger partial charge in [-0.25, -0.2) is 0 Å². The Kier molecular flexibility index (Phi) is 2.48. The van der Waals surface area contributed by atoms with Gasteiger partial charge in [0, 0.05) is 12.3 Å². The summed E-state index contributed by atoms with van der Waals surface area (Å²) in [7, 11) is 0. The van der Waals surface area contributed by atoms with Crippen molar-refractivity contribution in [2.75, 3.05) is 0 Å². The van der Waals surface area contributed by atoms with Crippen LogP contribution in [0.1, 0.15) is 48.3 Å². The minimum atomic E-state index is 0.152. The second-order valence-corrected chi connectivity index (χ2v) is 5.92. The van der Waals surface area contributed by atoms with E-state index in [0.717, 1.165) is 32.1 Å². The molecular formula is C18H18O. The van der Waals surface area contributed by atoms with E-state index in [0.29, 0.717) is 5.78 Å². The predicted octanol–water partition coefficient (Wildman–Crippen LogP) is 4.17. The first-order chi connectivity index (χ1) is 9.34. The second kappa shape index (κ2) is 4.19. The summed E-state index contributed by atoms with van der Waals surface area (Å²) in [6.07, 6.45) is 6.41. The van der Waals surface area contributed by atoms with Gasteiger partial charge in [0.1, 0.15) is 5.78 Å². The maximum atomic E-state index is 12.2. The van der Waals surface area contributed by atoms with Crippen molar-refractivity contribution < 1.29 is 4.79 Å². The lowest BCUT2D eigenvalue weighted by atomic mass is 9.80. The molecule has 0 N–H and O–H groups in total. The Labute approximate surface area is 113 Å². The van der Waals surface area contributed by atoms with E-state index < -0.39 is 0 Å². The summed E-state index contributed by atoms with van der Waals surface area (Å²) in [5, 5.41) is 2.78. The maximum Gasteiger partial charge on any atom is 0.140 e. The highest BCUT2D eigenvalue weighted by molar-refractivity contribution is 5.98. The average Bonchev–Trinajstić information content (AvgIpc) is 2.86. The smallest absolute Gasteiger partial charge is 0.140 e. The summed E-state index contributed by atoms with van der Waals surface area (Å²) in [5.74, 6) is 0.601. The quantitative estimate of drug-likeness (QED) is 0.742. The van der Waals surface area contributed by atoms with Gasteiger partial charge in [0.15, 0.2) is 0 Å². The lowest BCUT2D eigenvalue weighted by molar-refractivity contribution is -0.121. The van der Waals surface area contributed by atoms with Crippen LogP contribution in [0.4, 0.5) is 0 Å². The molecule has 2 aliphatic carbocycles. The third-order valence-corrected chi connectivity index (χ3v) is 4.84. The Hall–Kier alpha value is -1.63. The number of Topliss-reactive ketones (excluding diaryl/α,β-unsaturated/α-hetero) is 1. The third kappa shape index (κ3) is 1.64. The van der Waals surface area contributed by atoms with Crippen molar-refractivity contribution in [3.63, 3.8) is 0 Å². The molecule has 0 aliphatic heterocycles. The lowest BCUT2D eigenvalue weighted by Crippen LogP contribution is -2.17. The Morgan fingerprint density at radius 2 is 1.74 bits per heavy atom. The molecule has 0 amide bonds. The molecule has 0 saturated heterocycles. The predicted molar refractivity (Wildman–Crippen MR) is 77.6 cm³/mol. The van der Waals surface area contributed by atoms with E-state index in [-0.39, 0.29) is 5.92 Å². The van der Waals surface area contributed by atoms with Gasteiger partial charge < -0.3 is 0 Å². The van der Waals surface area contributed by atoms with E-state index in [1.807, 2.05) is 0 Å². The van der Waals surface area contributed by atoms with Crippen molar-refractivity contribution in [3.8, 4) is 0 Å². The van der Waals surface area contributed by atoms with Crippen LogP contribution >= 0.6 is 0 Å². The molecule has 1 saturated carbocycles. The molecular weight excluding hydrogens is 232 g/mol. The fourth-order valence-electron chi connectivity index (χ4n) is 3.89. The lowest BCUT2D eigenvalue weighted by Gasteiger charge is -2.22. The largest absolute Gasteiger partial charge is 0.299 e. The van der Waals surface area contributed by atoms with Gasteiger partial charge in [-0.1, -0.05) is 36.8 Å². The molecule has 0 radical (unpaired) electrons. The van der Waals surface area contributed by atoms with Crippen LogP contribution in [0, 0.1) is 0 Å². The fourth-order valence-corrected chi connectivity index (χ4v) is 3.89. The first kappa shape index (κ1) is 11.2. The SMILES string of the molecule is O=C1CCCC[C@H]1c1ccc2c3c(cccc13)CC2. The van der Waals surface area contributed by atoms with Gasteiger partial charge in [-0.15, -0.1) is 0 Å². The summed E-state index contributed by atoms with van der Waals surface area (Å²) in [5.41, 5.74) is 4.22. The average molecular weight is 250 g/mol. The minimum Gasteiger partial charge on any atom is -0.299 e. The molecule has 96 valence electrons. The van der Waals surface area contributed by atoms with Crippen LogP contribution in [0.3, 0.4) is 0 Å². The standard InChI is InChI=1S/C18H18O/c19-17-7-2-1-5-15(17)14-11-10-13-9-8-12-4-3-6-16(14)18(12)13/h3-4,6,10-11,15H,1-2,5,7-9H2/t15-/m0/s1. The van der Waals surface area contributed by atoms with E-state index in [4.69, 9.17) is 0 Å². The first-order valence-corrected chi connectivity index (χ1v) is 7.41. The minimum absolute atomic E-state index is 0.152. The molecule has 1 heteroatoms. The molecule has 2 aromatic rings. The number of hydrogen-bond donors (Lipinski definition) is 0. The summed E-state index contributed by atoms with van der Waals surface area (Å²) in [6.45, 7) is 0. The van der Waals surface area contributed by atoms with E-state index in [1.165, 1.54) is 33.9 Å². The molecule has 2 aromatic carbocycles. The van der Waals surface area contributed by atoms with E-state index in [1.54, 1.807) is 0 Å². The number of aryl methyl sites for hydroxylation is 2. The van der Waals surface area contributed by atoms with Gasteiger partial charge in [-0.2, -0.15) is 0 Å². The van der Waals surface area contributed by atoms with Crippen molar-refractivity contribution in [2.45, 2.75) is 44.4 Å². The Morgan fingerprint density at radius 3 is 2.58 bits per heavy atom. The van der Waals surface area contributed by atoms with Crippen LogP contribution in [0.15, 0.2) is 30.3 Å². The Morgan fingerprint density at radius 1 is 0.895 bits per heavy atom. The summed E-state index contributed by atoms with van der Waals surface area (Å²) >= 11 is 0. The van der Waals surface area contributed by atoms with E-state index in [2.05, 4.69) is 30.3 Å². The van der Waals surface area contributed by atoms with Gasteiger partial charge in [0.2, 0.25) is 0 Å². The molecule has 0 spiro atoms. The molecule has 2 aliphatic rings. The van der Waals surface area contributed by atoms with E-state index in [9.17, 15) is 4.79 Å². The maximum absolute atomic E-state index is 12.2. The highest BCUT2D eigenvalue weighted by Gasteiger charge is 2.26. The van der Waals surface area contributed by atoms with Gasteiger partial charge in [-0.3, -0.25) is 4.79 Å². The van der Waals surface area contributed by atoms with Crippen molar-refractivity contribution in [1.82, 2.24) is 0 Å². The van der Waals surface area contributed by atoms with Gasteiger partial charge in [0.25, 0.3) is 0 Å². The molecule has 1 atom stereocenters. The van der Waals surface area contributed by atoms with Crippen LogP contribution in [0.2, 0.25) is 0 Å². The molecule has 0 aromatic heterocycles. The molecule has 4 rings (SSSR count). The van der Waals surface area contributed by atoms with Crippen LogP contribution < -0.4 is 0 Å². The molecule has 1 nitrogen and oxygen atoms in total. The molecule has 0 bridgehead atoms. The van der Waals surface area contributed by atoms with Crippen LogP contribution in [-0.2, 0) is 17.6 Å². The molecule has 0 unspecified atom stereocenters. The second-order valence-electron chi connectivity index (χ2n) is 5.92. The van der Waals surface area contributed by atoms with Crippen LogP contribution in [-0.4, -0.2) is 5.78 Å². The number of rotatable bonds is 1.